The number of hydrogen-bond acceptors (Lipinski definition) is 5. The van der Waals surface area contributed by atoms with Gasteiger partial charge < -0.3 is 10.4 Å². The smallest absolute Gasteiger partial charge is 0.352 e. The molecule has 0 radical (unpaired) electrons. The number of rotatable bonds is 2. The summed E-state index contributed by atoms with van der Waals surface area (Å²) in [6.07, 6.45) is 1.65. The molecule has 0 aliphatic carbocycles. The topological polar surface area (TPSA) is 80.0 Å². The molecule has 0 amide bonds. The van der Waals surface area contributed by atoms with E-state index in [1.165, 1.54) is 0 Å². The molecule has 0 aromatic carbocycles. The van der Waals surface area contributed by atoms with Crippen molar-refractivity contribution in [3.63, 3.8) is 0 Å². The fourth-order valence-electron chi connectivity index (χ4n) is 1.89. The third kappa shape index (κ3) is 1.68. The van der Waals surface area contributed by atoms with E-state index in [9.17, 15) is 4.79 Å². The molecule has 0 saturated carbocycles. The number of carboxylic acids is 1. The molecule has 3 heterocycles. The number of nitrogens with zero attached hydrogens (tertiary/aromatic N) is 3. The Balaban J connectivity index is 2.12. The van der Waals surface area contributed by atoms with E-state index < -0.39 is 5.97 Å². The molecule has 1 aliphatic rings. The number of nitrogens with one attached hydrogen (secondary N) is 1. The number of aliphatic carboxylic acids is 1. The standard InChI is InChI=1S/C11H10N4O2S/c1-6-12-11-13-7(10(16)17)5-8(15(11)14-6)9-3-2-4-18-9/h2-5,8H,1H3,(H,16,17)(H,12,13,14)/t8-/m0/s1. The fourth-order valence-corrected chi connectivity index (χ4v) is 2.67. The zero-order valence-corrected chi connectivity index (χ0v) is 10.3. The second kappa shape index (κ2) is 3.95. The largest absolute Gasteiger partial charge is 0.477 e. The molecular formula is C11H10N4O2S. The van der Waals surface area contributed by atoms with Gasteiger partial charge in [0.25, 0.3) is 0 Å². The summed E-state index contributed by atoms with van der Waals surface area (Å²) < 4.78 is 1.70. The minimum absolute atomic E-state index is 0.133. The first-order valence-corrected chi connectivity index (χ1v) is 6.22. The molecule has 6 nitrogen and oxygen atoms in total. The monoisotopic (exact) mass is 262 g/mol. The Labute approximate surface area is 107 Å². The second-order valence-electron chi connectivity index (χ2n) is 3.90. The third-order valence-electron chi connectivity index (χ3n) is 2.64. The summed E-state index contributed by atoms with van der Waals surface area (Å²) in [5, 5.41) is 18.1. The van der Waals surface area contributed by atoms with Gasteiger partial charge in [0.15, 0.2) is 0 Å². The van der Waals surface area contributed by atoms with Crippen molar-refractivity contribution < 1.29 is 9.90 Å². The maximum absolute atomic E-state index is 11.1. The summed E-state index contributed by atoms with van der Waals surface area (Å²) in [6, 6.07) is 3.67. The molecule has 1 aliphatic heterocycles. The van der Waals surface area contributed by atoms with Gasteiger partial charge >= 0.3 is 5.97 Å². The number of carboxylic acid groups (broad SMARTS) is 1. The second-order valence-corrected chi connectivity index (χ2v) is 4.88. The highest BCUT2D eigenvalue weighted by molar-refractivity contribution is 7.10. The van der Waals surface area contributed by atoms with Crippen molar-refractivity contribution in [1.82, 2.24) is 14.8 Å². The molecular weight excluding hydrogens is 252 g/mol. The van der Waals surface area contributed by atoms with Crippen LogP contribution in [-0.2, 0) is 4.79 Å². The van der Waals surface area contributed by atoms with E-state index >= 15 is 0 Å². The van der Waals surface area contributed by atoms with Crippen molar-refractivity contribution in [2.75, 3.05) is 5.32 Å². The van der Waals surface area contributed by atoms with Crippen LogP contribution in [0.2, 0.25) is 0 Å². The summed E-state index contributed by atoms with van der Waals surface area (Å²) in [5.74, 6) is 0.0772. The lowest BCUT2D eigenvalue weighted by Gasteiger charge is -2.21. The lowest BCUT2D eigenvalue weighted by Crippen LogP contribution is -2.23. The molecule has 0 unspecified atom stereocenters. The van der Waals surface area contributed by atoms with Gasteiger partial charge in [-0.05, 0) is 24.4 Å². The van der Waals surface area contributed by atoms with Crippen molar-refractivity contribution >= 4 is 23.3 Å². The van der Waals surface area contributed by atoms with Crippen molar-refractivity contribution in [1.29, 1.82) is 0 Å². The SMILES string of the molecule is Cc1nc2n(n1)[C@H](c1cccs1)C=C(C(=O)O)N2. The van der Waals surface area contributed by atoms with Crippen LogP contribution in [-0.4, -0.2) is 25.8 Å². The Hall–Kier alpha value is -2.15. The lowest BCUT2D eigenvalue weighted by atomic mass is 10.2. The first kappa shape index (κ1) is 11.0. The first-order chi connectivity index (χ1) is 8.65. The van der Waals surface area contributed by atoms with Crippen LogP contribution in [0.1, 0.15) is 16.7 Å². The van der Waals surface area contributed by atoms with Crippen LogP contribution < -0.4 is 5.32 Å². The van der Waals surface area contributed by atoms with Crippen LogP contribution in [0.5, 0.6) is 0 Å². The van der Waals surface area contributed by atoms with Gasteiger partial charge in [-0.3, -0.25) is 0 Å². The minimum Gasteiger partial charge on any atom is -0.477 e. The number of aromatic nitrogens is 3. The Morgan fingerprint density at radius 1 is 1.61 bits per heavy atom. The summed E-state index contributed by atoms with van der Waals surface area (Å²) in [6.45, 7) is 1.78. The van der Waals surface area contributed by atoms with Crippen molar-refractivity contribution in [2.24, 2.45) is 0 Å². The van der Waals surface area contributed by atoms with Crippen LogP contribution in [0.25, 0.3) is 0 Å². The van der Waals surface area contributed by atoms with Gasteiger partial charge in [0, 0.05) is 4.88 Å². The maximum Gasteiger partial charge on any atom is 0.352 e. The first-order valence-electron chi connectivity index (χ1n) is 5.34. The van der Waals surface area contributed by atoms with Crippen LogP contribution >= 0.6 is 11.3 Å². The lowest BCUT2D eigenvalue weighted by molar-refractivity contribution is -0.132. The third-order valence-corrected chi connectivity index (χ3v) is 3.58. The van der Waals surface area contributed by atoms with Gasteiger partial charge in [-0.2, -0.15) is 10.1 Å². The van der Waals surface area contributed by atoms with Gasteiger partial charge in [0.2, 0.25) is 5.95 Å². The average molecular weight is 262 g/mol. The Morgan fingerprint density at radius 3 is 3.11 bits per heavy atom. The molecule has 92 valence electrons. The summed E-state index contributed by atoms with van der Waals surface area (Å²) in [5.41, 5.74) is 0.133. The van der Waals surface area contributed by atoms with E-state index in [0.717, 1.165) is 4.88 Å². The quantitative estimate of drug-likeness (QED) is 0.859. The van der Waals surface area contributed by atoms with E-state index in [-0.39, 0.29) is 11.7 Å². The summed E-state index contributed by atoms with van der Waals surface area (Å²) >= 11 is 1.56. The Bertz CT molecular complexity index is 630. The molecule has 3 rings (SSSR count). The molecule has 2 aromatic rings. The van der Waals surface area contributed by atoms with Crippen molar-refractivity contribution in [3.05, 3.63) is 40.0 Å². The van der Waals surface area contributed by atoms with E-state index in [4.69, 9.17) is 5.11 Å². The van der Waals surface area contributed by atoms with Crippen LogP contribution in [0, 0.1) is 6.92 Å². The van der Waals surface area contributed by atoms with Gasteiger partial charge in [-0.15, -0.1) is 11.3 Å². The summed E-state index contributed by atoms with van der Waals surface area (Å²) in [4.78, 5) is 16.3. The normalized spacial score (nSPS) is 17.8. The van der Waals surface area contributed by atoms with E-state index in [2.05, 4.69) is 15.4 Å². The predicted octanol–water partition coefficient (Wildman–Crippen LogP) is 1.63. The maximum atomic E-state index is 11.1. The number of fused-ring (bicyclic) bond motifs is 1. The van der Waals surface area contributed by atoms with Crippen molar-refractivity contribution in [2.45, 2.75) is 13.0 Å². The van der Waals surface area contributed by atoms with Crippen LogP contribution in [0.3, 0.4) is 0 Å². The molecule has 18 heavy (non-hydrogen) atoms. The van der Waals surface area contributed by atoms with Crippen LogP contribution in [0.4, 0.5) is 5.95 Å². The number of thiophene rings is 1. The molecule has 2 N–H and O–H groups in total. The van der Waals surface area contributed by atoms with Gasteiger partial charge in [0.05, 0.1) is 0 Å². The highest BCUT2D eigenvalue weighted by Crippen LogP contribution is 2.31. The van der Waals surface area contributed by atoms with Gasteiger partial charge in [-0.25, -0.2) is 9.48 Å². The number of carbonyl (C=O) groups is 1. The highest BCUT2D eigenvalue weighted by Gasteiger charge is 2.26. The highest BCUT2D eigenvalue weighted by atomic mass is 32.1. The van der Waals surface area contributed by atoms with Gasteiger partial charge in [0.1, 0.15) is 17.6 Å². The van der Waals surface area contributed by atoms with E-state index in [1.54, 1.807) is 29.0 Å². The minimum atomic E-state index is -0.997. The molecule has 1 atom stereocenters. The molecule has 0 bridgehead atoms. The number of allylic oxidation sites excluding steroid dienone is 1. The molecule has 0 saturated heterocycles. The van der Waals surface area contributed by atoms with E-state index in [0.29, 0.717) is 11.8 Å². The molecule has 0 fully saturated rings. The Morgan fingerprint density at radius 2 is 2.44 bits per heavy atom. The van der Waals surface area contributed by atoms with E-state index in [1.807, 2.05) is 17.5 Å². The zero-order chi connectivity index (χ0) is 12.7. The number of aryl methyl sites for hydroxylation is 1. The predicted molar refractivity (Wildman–Crippen MR) is 66.6 cm³/mol. The number of hydrogen-bond donors (Lipinski definition) is 2. The molecule has 0 spiro atoms. The fraction of sp³-hybridized carbons (Fsp3) is 0.182. The van der Waals surface area contributed by atoms with Gasteiger partial charge in [-0.1, -0.05) is 6.07 Å². The zero-order valence-electron chi connectivity index (χ0n) is 9.49. The average Bonchev–Trinajstić information content (AvgIpc) is 2.94. The Kier molecular flexibility index (Phi) is 2.41. The van der Waals surface area contributed by atoms with Crippen molar-refractivity contribution in [3.8, 4) is 0 Å². The summed E-state index contributed by atoms with van der Waals surface area (Å²) in [7, 11) is 0. The molecule has 2 aromatic heterocycles. The number of anilines is 1. The molecule has 7 heteroatoms. The van der Waals surface area contributed by atoms with Crippen LogP contribution in [0.15, 0.2) is 29.3 Å².